The highest BCUT2D eigenvalue weighted by Gasteiger charge is 2.19. The van der Waals surface area contributed by atoms with Crippen LogP contribution >= 0.6 is 11.8 Å². The van der Waals surface area contributed by atoms with Crippen molar-refractivity contribution < 1.29 is 18.8 Å². The fourth-order valence-electron chi connectivity index (χ4n) is 3.02. The lowest BCUT2D eigenvalue weighted by Crippen LogP contribution is -2.35. The molecule has 0 saturated heterocycles. The highest BCUT2D eigenvalue weighted by molar-refractivity contribution is 7.98. The van der Waals surface area contributed by atoms with E-state index in [1.54, 1.807) is 56.3 Å². The van der Waals surface area contributed by atoms with E-state index in [4.69, 9.17) is 9.26 Å². The minimum atomic E-state index is -0.287. The molecule has 1 heterocycles. The molecule has 8 heteroatoms. The number of nitrogens with zero attached hydrogens (tertiary/aromatic N) is 2. The van der Waals surface area contributed by atoms with Gasteiger partial charge in [-0.15, -0.1) is 11.8 Å². The first-order valence-electron chi connectivity index (χ1n) is 9.72. The number of benzene rings is 2. The average Bonchev–Trinajstić information content (AvgIpc) is 3.09. The lowest BCUT2D eigenvalue weighted by molar-refractivity contribution is -0.116. The molecule has 0 aliphatic rings. The molecule has 0 saturated carbocycles. The number of amides is 2. The maximum Gasteiger partial charge on any atom is 0.255 e. The third kappa shape index (κ3) is 5.67. The third-order valence-electron chi connectivity index (χ3n) is 4.75. The summed E-state index contributed by atoms with van der Waals surface area (Å²) in [7, 11) is 3.18. The quantitative estimate of drug-likeness (QED) is 0.527. The van der Waals surface area contributed by atoms with Gasteiger partial charge in [-0.2, -0.15) is 0 Å². The van der Waals surface area contributed by atoms with Gasteiger partial charge in [0.2, 0.25) is 5.91 Å². The molecule has 0 aliphatic heterocycles. The number of aromatic nitrogens is 1. The molecule has 0 spiro atoms. The van der Waals surface area contributed by atoms with Gasteiger partial charge in [0.15, 0.2) is 0 Å². The smallest absolute Gasteiger partial charge is 0.255 e. The van der Waals surface area contributed by atoms with Crippen molar-refractivity contribution in [1.29, 1.82) is 0 Å². The van der Waals surface area contributed by atoms with E-state index in [0.717, 1.165) is 21.9 Å². The zero-order chi connectivity index (χ0) is 22.4. The number of anilines is 1. The number of likely N-dealkylation sites (N-methyl/N-ethyl adjacent to an activating group) is 1. The number of aryl methyl sites for hydroxylation is 2. The summed E-state index contributed by atoms with van der Waals surface area (Å²) in [4.78, 5) is 27.7. The van der Waals surface area contributed by atoms with Crippen LogP contribution in [0, 0.1) is 13.8 Å². The number of rotatable bonds is 8. The Bertz CT molecular complexity index is 1060. The molecule has 0 atom stereocenters. The molecule has 7 nitrogen and oxygen atoms in total. The van der Waals surface area contributed by atoms with Crippen LogP contribution < -0.4 is 10.1 Å². The summed E-state index contributed by atoms with van der Waals surface area (Å²) in [6.45, 7) is 3.71. The van der Waals surface area contributed by atoms with Crippen molar-refractivity contribution >= 4 is 29.3 Å². The van der Waals surface area contributed by atoms with Crippen LogP contribution in [0.15, 0.2) is 57.9 Å². The lowest BCUT2D eigenvalue weighted by atomic mass is 10.2. The molecular formula is C23H25N3O4S. The Morgan fingerprint density at radius 2 is 1.94 bits per heavy atom. The summed E-state index contributed by atoms with van der Waals surface area (Å²) >= 11 is 1.54. The number of methoxy groups -OCH3 is 1. The first kappa shape index (κ1) is 22.4. The van der Waals surface area contributed by atoms with Crippen LogP contribution in [0.5, 0.6) is 5.75 Å². The van der Waals surface area contributed by atoms with Gasteiger partial charge in [-0.25, -0.2) is 0 Å². The molecule has 2 amide bonds. The molecule has 31 heavy (non-hydrogen) atoms. The molecule has 162 valence electrons. The third-order valence-corrected chi connectivity index (χ3v) is 5.85. The molecule has 0 radical (unpaired) electrons. The second-order valence-electron chi connectivity index (χ2n) is 7.03. The zero-order valence-corrected chi connectivity index (χ0v) is 18.8. The summed E-state index contributed by atoms with van der Waals surface area (Å²) < 4.78 is 10.4. The van der Waals surface area contributed by atoms with E-state index in [0.29, 0.717) is 22.8 Å². The Kier molecular flexibility index (Phi) is 7.36. The van der Waals surface area contributed by atoms with Crippen molar-refractivity contribution in [2.45, 2.75) is 24.5 Å². The van der Waals surface area contributed by atoms with Gasteiger partial charge in [-0.1, -0.05) is 23.4 Å². The predicted molar refractivity (Wildman–Crippen MR) is 121 cm³/mol. The SMILES string of the molecule is COc1cccc(NC(=O)CN(C)C(=O)c2ccccc2SCc2c(C)noc2C)c1. The number of hydrogen-bond acceptors (Lipinski definition) is 6. The largest absolute Gasteiger partial charge is 0.497 e. The molecule has 0 bridgehead atoms. The summed E-state index contributed by atoms with van der Waals surface area (Å²) in [5.74, 6) is 1.56. The number of carbonyl (C=O) groups is 2. The molecule has 3 aromatic rings. The Hall–Kier alpha value is -3.26. The maximum absolute atomic E-state index is 13.0. The summed E-state index contributed by atoms with van der Waals surface area (Å²) in [6.07, 6.45) is 0. The second kappa shape index (κ2) is 10.2. The van der Waals surface area contributed by atoms with Gasteiger partial charge in [0.05, 0.1) is 24.9 Å². The van der Waals surface area contributed by atoms with Crippen molar-refractivity contribution in [1.82, 2.24) is 10.1 Å². The van der Waals surface area contributed by atoms with Crippen molar-refractivity contribution in [3.63, 3.8) is 0 Å². The number of ether oxygens (including phenoxy) is 1. The van der Waals surface area contributed by atoms with Gasteiger partial charge < -0.3 is 19.5 Å². The summed E-state index contributed by atoms with van der Waals surface area (Å²) in [5, 5.41) is 6.77. The first-order chi connectivity index (χ1) is 14.9. The molecule has 0 aliphatic carbocycles. The molecule has 1 N–H and O–H groups in total. The molecule has 0 unspecified atom stereocenters. The standard InChI is InChI=1S/C23H25N3O4S/c1-15-20(16(2)30-25-15)14-31-21-11-6-5-10-19(21)23(28)26(3)13-22(27)24-17-8-7-9-18(12-17)29-4/h5-12H,13-14H2,1-4H3,(H,24,27). The van der Waals surface area contributed by atoms with E-state index < -0.39 is 0 Å². The Labute approximate surface area is 185 Å². The van der Waals surface area contributed by atoms with E-state index in [2.05, 4.69) is 10.5 Å². The van der Waals surface area contributed by atoms with Gasteiger partial charge in [-0.05, 0) is 38.1 Å². The highest BCUT2D eigenvalue weighted by Crippen LogP contribution is 2.29. The Morgan fingerprint density at radius 3 is 2.65 bits per heavy atom. The second-order valence-corrected chi connectivity index (χ2v) is 8.05. The number of thioether (sulfide) groups is 1. The highest BCUT2D eigenvalue weighted by atomic mass is 32.2. The molecule has 0 fully saturated rings. The van der Waals surface area contributed by atoms with E-state index >= 15 is 0 Å². The van der Waals surface area contributed by atoms with Crippen LogP contribution in [0.1, 0.15) is 27.4 Å². The van der Waals surface area contributed by atoms with E-state index in [1.807, 2.05) is 32.0 Å². The van der Waals surface area contributed by atoms with Crippen LogP contribution in [0.2, 0.25) is 0 Å². The molecule has 1 aromatic heterocycles. The minimum Gasteiger partial charge on any atom is -0.497 e. The molecule has 2 aromatic carbocycles. The molecule has 3 rings (SSSR count). The maximum atomic E-state index is 13.0. The van der Waals surface area contributed by atoms with Crippen LogP contribution in [-0.2, 0) is 10.5 Å². The van der Waals surface area contributed by atoms with E-state index in [1.165, 1.54) is 4.90 Å². The van der Waals surface area contributed by atoms with Crippen LogP contribution in [-0.4, -0.2) is 42.6 Å². The fourth-order valence-corrected chi connectivity index (χ4v) is 4.22. The van der Waals surface area contributed by atoms with E-state index in [-0.39, 0.29) is 18.4 Å². The van der Waals surface area contributed by atoms with E-state index in [9.17, 15) is 9.59 Å². The van der Waals surface area contributed by atoms with Crippen molar-refractivity contribution in [3.05, 3.63) is 71.1 Å². The number of nitrogens with one attached hydrogen (secondary N) is 1. The van der Waals surface area contributed by atoms with Crippen LogP contribution in [0.3, 0.4) is 0 Å². The topological polar surface area (TPSA) is 84.7 Å². The van der Waals surface area contributed by atoms with Gasteiger partial charge in [-0.3, -0.25) is 9.59 Å². The number of hydrogen-bond donors (Lipinski definition) is 1. The lowest BCUT2D eigenvalue weighted by Gasteiger charge is -2.18. The van der Waals surface area contributed by atoms with Crippen molar-refractivity contribution in [2.24, 2.45) is 0 Å². The average molecular weight is 440 g/mol. The van der Waals surface area contributed by atoms with Crippen molar-refractivity contribution in [3.8, 4) is 5.75 Å². The van der Waals surface area contributed by atoms with Gasteiger partial charge in [0.25, 0.3) is 5.91 Å². The summed E-state index contributed by atoms with van der Waals surface area (Å²) in [5.41, 5.74) is 3.04. The fraction of sp³-hybridized carbons (Fsp3) is 0.261. The Morgan fingerprint density at radius 1 is 1.16 bits per heavy atom. The monoisotopic (exact) mass is 439 g/mol. The normalized spacial score (nSPS) is 10.6. The predicted octanol–water partition coefficient (Wildman–Crippen LogP) is 4.30. The van der Waals surface area contributed by atoms with Gasteiger partial charge in [0, 0.05) is 35.0 Å². The van der Waals surface area contributed by atoms with Gasteiger partial charge in [0.1, 0.15) is 11.5 Å². The summed E-state index contributed by atoms with van der Waals surface area (Å²) in [6, 6.07) is 14.5. The zero-order valence-electron chi connectivity index (χ0n) is 18.0. The van der Waals surface area contributed by atoms with Crippen molar-refractivity contribution in [2.75, 3.05) is 26.0 Å². The molecular weight excluding hydrogens is 414 g/mol. The minimum absolute atomic E-state index is 0.0705. The Balaban J connectivity index is 1.65. The van der Waals surface area contributed by atoms with Crippen LogP contribution in [0.25, 0.3) is 0 Å². The number of carbonyl (C=O) groups excluding carboxylic acids is 2. The van der Waals surface area contributed by atoms with Crippen LogP contribution in [0.4, 0.5) is 5.69 Å². The van der Waals surface area contributed by atoms with Gasteiger partial charge >= 0.3 is 0 Å². The first-order valence-corrected chi connectivity index (χ1v) is 10.7.